The van der Waals surface area contributed by atoms with E-state index in [2.05, 4.69) is 10.6 Å². The van der Waals surface area contributed by atoms with Gasteiger partial charge in [0.2, 0.25) is 0 Å². The second-order valence-corrected chi connectivity index (χ2v) is 4.96. The lowest BCUT2D eigenvalue weighted by Crippen LogP contribution is -2.29. The van der Waals surface area contributed by atoms with Crippen LogP contribution in [0.3, 0.4) is 0 Å². The van der Waals surface area contributed by atoms with Crippen LogP contribution in [-0.4, -0.2) is 12.6 Å². The summed E-state index contributed by atoms with van der Waals surface area (Å²) in [5, 5.41) is 6.44. The number of hydrogen-bond acceptors (Lipinski definition) is 1. The Balaban J connectivity index is 2.06. The monoisotopic (exact) mass is 272 g/mol. The highest BCUT2D eigenvalue weighted by Gasteiger charge is 2.22. The molecule has 2 aromatic rings. The van der Waals surface area contributed by atoms with Crippen LogP contribution < -0.4 is 10.6 Å². The van der Waals surface area contributed by atoms with Gasteiger partial charge in [-0.25, -0.2) is 4.79 Å². The molecule has 2 amide bonds. The minimum absolute atomic E-state index is 0.132. The minimum atomic E-state index is -0.163. The predicted molar refractivity (Wildman–Crippen MR) is 76.8 cm³/mol. The molecule has 1 aliphatic rings. The second-order valence-electron chi connectivity index (χ2n) is 4.53. The lowest BCUT2D eigenvalue weighted by Gasteiger charge is -2.17. The van der Waals surface area contributed by atoms with Crippen molar-refractivity contribution in [1.82, 2.24) is 5.32 Å². The number of nitrogens with one attached hydrogen (secondary N) is 2. The van der Waals surface area contributed by atoms with Crippen molar-refractivity contribution in [1.29, 1.82) is 0 Å². The SMILES string of the molecule is O=C1NCC(c2ccc(Cl)cc2)c2ccccc2N1. The summed E-state index contributed by atoms with van der Waals surface area (Å²) in [6, 6.07) is 15.5. The van der Waals surface area contributed by atoms with Gasteiger partial charge in [-0.1, -0.05) is 41.9 Å². The Morgan fingerprint density at radius 3 is 2.58 bits per heavy atom. The molecule has 3 rings (SSSR count). The third-order valence-corrected chi connectivity index (χ3v) is 3.58. The Labute approximate surface area is 116 Å². The number of hydrogen-bond donors (Lipinski definition) is 2. The first-order chi connectivity index (χ1) is 9.24. The van der Waals surface area contributed by atoms with E-state index in [1.54, 1.807) is 0 Å². The summed E-state index contributed by atoms with van der Waals surface area (Å²) in [6.45, 7) is 0.574. The van der Waals surface area contributed by atoms with Crippen molar-refractivity contribution >= 4 is 23.3 Å². The highest BCUT2D eigenvalue weighted by molar-refractivity contribution is 6.30. The summed E-state index contributed by atoms with van der Waals surface area (Å²) >= 11 is 5.92. The van der Waals surface area contributed by atoms with Gasteiger partial charge in [-0.2, -0.15) is 0 Å². The van der Waals surface area contributed by atoms with Crippen LogP contribution in [0, 0.1) is 0 Å². The van der Waals surface area contributed by atoms with Crippen molar-refractivity contribution in [2.45, 2.75) is 5.92 Å². The van der Waals surface area contributed by atoms with E-state index < -0.39 is 0 Å². The molecule has 19 heavy (non-hydrogen) atoms. The van der Waals surface area contributed by atoms with Crippen molar-refractivity contribution in [3.8, 4) is 0 Å². The zero-order valence-electron chi connectivity index (χ0n) is 10.2. The van der Waals surface area contributed by atoms with Crippen LogP contribution in [0.2, 0.25) is 5.02 Å². The minimum Gasteiger partial charge on any atom is -0.337 e. The first-order valence-electron chi connectivity index (χ1n) is 6.13. The summed E-state index contributed by atoms with van der Waals surface area (Å²) < 4.78 is 0. The van der Waals surface area contributed by atoms with Crippen LogP contribution in [0.15, 0.2) is 48.5 Å². The summed E-state index contributed by atoms with van der Waals surface area (Å²) in [4.78, 5) is 11.6. The molecule has 1 unspecified atom stereocenters. The quantitative estimate of drug-likeness (QED) is 0.818. The van der Waals surface area contributed by atoms with Crippen molar-refractivity contribution in [2.24, 2.45) is 0 Å². The molecule has 1 aliphatic heterocycles. The van der Waals surface area contributed by atoms with E-state index >= 15 is 0 Å². The van der Waals surface area contributed by atoms with E-state index in [0.717, 1.165) is 16.8 Å². The molecule has 0 saturated heterocycles. The number of urea groups is 1. The van der Waals surface area contributed by atoms with E-state index in [1.807, 2.05) is 48.5 Å². The lowest BCUT2D eigenvalue weighted by molar-refractivity contribution is 0.252. The van der Waals surface area contributed by atoms with Crippen LogP contribution in [0.1, 0.15) is 17.0 Å². The fourth-order valence-corrected chi connectivity index (χ4v) is 2.50. The molecule has 1 heterocycles. The number of fused-ring (bicyclic) bond motifs is 1. The van der Waals surface area contributed by atoms with E-state index in [-0.39, 0.29) is 11.9 Å². The average Bonchev–Trinajstić information content (AvgIpc) is 2.58. The highest BCUT2D eigenvalue weighted by atomic mass is 35.5. The second kappa shape index (κ2) is 4.94. The molecule has 0 aromatic heterocycles. The molecular weight excluding hydrogens is 260 g/mol. The summed E-state index contributed by atoms with van der Waals surface area (Å²) in [5.41, 5.74) is 3.11. The van der Waals surface area contributed by atoms with Gasteiger partial charge in [0.05, 0.1) is 0 Å². The van der Waals surface area contributed by atoms with E-state index in [0.29, 0.717) is 11.6 Å². The van der Waals surface area contributed by atoms with Gasteiger partial charge >= 0.3 is 6.03 Å². The van der Waals surface area contributed by atoms with Gasteiger partial charge in [0, 0.05) is 23.2 Å². The Kier molecular flexibility index (Phi) is 3.13. The normalized spacial score (nSPS) is 17.9. The number of benzene rings is 2. The smallest absolute Gasteiger partial charge is 0.319 e. The molecule has 4 heteroatoms. The Morgan fingerprint density at radius 2 is 1.79 bits per heavy atom. The number of halogens is 1. The van der Waals surface area contributed by atoms with Crippen LogP contribution in [0.25, 0.3) is 0 Å². The molecule has 2 aromatic carbocycles. The third-order valence-electron chi connectivity index (χ3n) is 3.32. The van der Waals surface area contributed by atoms with Crippen molar-refractivity contribution in [3.05, 3.63) is 64.7 Å². The average molecular weight is 273 g/mol. The van der Waals surface area contributed by atoms with Gasteiger partial charge < -0.3 is 10.6 Å². The van der Waals surface area contributed by atoms with Gasteiger partial charge in [-0.15, -0.1) is 0 Å². The molecule has 3 nitrogen and oxygen atoms in total. The topological polar surface area (TPSA) is 41.1 Å². The summed E-state index contributed by atoms with van der Waals surface area (Å²) in [5.74, 6) is 0.132. The van der Waals surface area contributed by atoms with Crippen molar-refractivity contribution < 1.29 is 4.79 Å². The van der Waals surface area contributed by atoms with Gasteiger partial charge in [0.15, 0.2) is 0 Å². The maximum absolute atomic E-state index is 11.6. The molecular formula is C15H13ClN2O. The van der Waals surface area contributed by atoms with Crippen molar-refractivity contribution in [3.63, 3.8) is 0 Å². The van der Waals surface area contributed by atoms with E-state index in [1.165, 1.54) is 0 Å². The van der Waals surface area contributed by atoms with E-state index in [9.17, 15) is 4.79 Å². The van der Waals surface area contributed by atoms with Gasteiger partial charge in [-0.05, 0) is 29.3 Å². The zero-order valence-corrected chi connectivity index (χ0v) is 10.9. The fourth-order valence-electron chi connectivity index (χ4n) is 2.38. The molecule has 2 N–H and O–H groups in total. The maximum Gasteiger partial charge on any atom is 0.319 e. The molecule has 0 radical (unpaired) electrons. The number of anilines is 1. The third kappa shape index (κ3) is 2.42. The Hall–Kier alpha value is -2.00. The first-order valence-corrected chi connectivity index (χ1v) is 6.51. The summed E-state index contributed by atoms with van der Waals surface area (Å²) in [7, 11) is 0. The maximum atomic E-state index is 11.6. The van der Waals surface area contributed by atoms with E-state index in [4.69, 9.17) is 11.6 Å². The van der Waals surface area contributed by atoms with Gasteiger partial charge in [0.25, 0.3) is 0 Å². The molecule has 0 aliphatic carbocycles. The standard InChI is InChI=1S/C15H13ClN2O/c16-11-7-5-10(6-8-11)13-9-17-15(19)18-14-4-2-1-3-12(13)14/h1-8,13H,9H2,(H2,17,18,19). The predicted octanol–water partition coefficient (Wildman–Crippen LogP) is 3.61. The molecule has 0 saturated carbocycles. The number of carbonyl (C=O) groups excluding carboxylic acids is 1. The molecule has 0 fully saturated rings. The van der Waals surface area contributed by atoms with Gasteiger partial charge in [-0.3, -0.25) is 0 Å². The van der Waals surface area contributed by atoms with Crippen molar-refractivity contribution in [2.75, 3.05) is 11.9 Å². The Morgan fingerprint density at radius 1 is 1.05 bits per heavy atom. The van der Waals surface area contributed by atoms with Crippen LogP contribution in [0.5, 0.6) is 0 Å². The van der Waals surface area contributed by atoms with Gasteiger partial charge in [0.1, 0.15) is 0 Å². The number of carbonyl (C=O) groups is 1. The molecule has 0 bridgehead atoms. The number of rotatable bonds is 1. The molecule has 0 spiro atoms. The molecule has 1 atom stereocenters. The summed E-state index contributed by atoms with van der Waals surface area (Å²) in [6.07, 6.45) is 0. The Bertz CT molecular complexity index is 610. The zero-order chi connectivity index (χ0) is 13.2. The molecule has 96 valence electrons. The van der Waals surface area contributed by atoms with Crippen LogP contribution in [-0.2, 0) is 0 Å². The number of para-hydroxylation sites is 1. The largest absolute Gasteiger partial charge is 0.337 e. The van der Waals surface area contributed by atoms with Crippen LogP contribution in [0.4, 0.5) is 10.5 Å². The fraction of sp³-hybridized carbons (Fsp3) is 0.133. The number of amides is 2. The first kappa shape index (κ1) is 12.1. The highest BCUT2D eigenvalue weighted by Crippen LogP contribution is 2.32. The lowest BCUT2D eigenvalue weighted by atomic mass is 9.90. The van der Waals surface area contributed by atoms with Crippen LogP contribution >= 0.6 is 11.6 Å².